The van der Waals surface area contributed by atoms with Crippen LogP contribution < -0.4 is 5.56 Å². The van der Waals surface area contributed by atoms with Gasteiger partial charge in [-0.1, -0.05) is 20.8 Å². The van der Waals surface area contributed by atoms with Crippen molar-refractivity contribution in [2.75, 3.05) is 0 Å². The standard InChI is InChI=1S/C15H16BrNO2/c1-15(2,3)9-7-11(13(18)12(16)8-9)10-5-4-6-17-14(10)19/h4-8,18H,1-3H3,(H,17,19). The van der Waals surface area contributed by atoms with E-state index in [1.807, 2.05) is 12.1 Å². The molecular weight excluding hydrogens is 306 g/mol. The number of nitrogens with one attached hydrogen (secondary N) is 1. The van der Waals surface area contributed by atoms with Gasteiger partial charge in [-0.2, -0.15) is 0 Å². The van der Waals surface area contributed by atoms with E-state index < -0.39 is 0 Å². The molecule has 0 saturated carbocycles. The van der Waals surface area contributed by atoms with E-state index in [0.29, 0.717) is 15.6 Å². The van der Waals surface area contributed by atoms with Crippen molar-refractivity contribution in [2.24, 2.45) is 0 Å². The maximum atomic E-state index is 11.9. The van der Waals surface area contributed by atoms with Gasteiger partial charge in [-0.05, 0) is 51.2 Å². The normalized spacial score (nSPS) is 11.6. The van der Waals surface area contributed by atoms with Crippen molar-refractivity contribution in [3.05, 3.63) is 50.9 Å². The summed E-state index contributed by atoms with van der Waals surface area (Å²) in [6.07, 6.45) is 1.57. The third-order valence-electron chi connectivity index (χ3n) is 3.04. The lowest BCUT2D eigenvalue weighted by Gasteiger charge is -2.21. The number of pyridine rings is 1. The SMILES string of the molecule is CC(C)(C)c1cc(Br)c(O)c(-c2ccc[nH]c2=O)c1. The summed E-state index contributed by atoms with van der Waals surface area (Å²) in [6, 6.07) is 7.20. The molecule has 0 radical (unpaired) electrons. The van der Waals surface area contributed by atoms with Crippen LogP contribution in [0.15, 0.2) is 39.7 Å². The summed E-state index contributed by atoms with van der Waals surface area (Å²) < 4.78 is 0.596. The van der Waals surface area contributed by atoms with E-state index in [9.17, 15) is 9.90 Å². The molecule has 2 N–H and O–H groups in total. The molecule has 19 heavy (non-hydrogen) atoms. The first-order chi connectivity index (χ1) is 8.80. The Balaban J connectivity index is 2.74. The lowest BCUT2D eigenvalue weighted by atomic mass is 9.85. The van der Waals surface area contributed by atoms with E-state index in [2.05, 4.69) is 41.7 Å². The summed E-state index contributed by atoms with van der Waals surface area (Å²) in [5.41, 5.74) is 1.78. The van der Waals surface area contributed by atoms with Crippen LogP contribution >= 0.6 is 15.9 Å². The third kappa shape index (κ3) is 2.73. The first-order valence-electron chi connectivity index (χ1n) is 6.02. The van der Waals surface area contributed by atoms with Gasteiger partial charge in [-0.15, -0.1) is 0 Å². The lowest BCUT2D eigenvalue weighted by molar-refractivity contribution is 0.472. The van der Waals surface area contributed by atoms with Gasteiger partial charge in [0.05, 0.1) is 10.0 Å². The average Bonchev–Trinajstić information content (AvgIpc) is 2.32. The van der Waals surface area contributed by atoms with E-state index in [0.717, 1.165) is 5.56 Å². The molecule has 0 bridgehead atoms. The molecule has 4 heteroatoms. The Morgan fingerprint density at radius 3 is 2.47 bits per heavy atom. The van der Waals surface area contributed by atoms with Crippen molar-refractivity contribution in [1.29, 1.82) is 0 Å². The zero-order valence-corrected chi connectivity index (χ0v) is 12.7. The second-order valence-corrected chi connectivity index (χ2v) is 6.37. The van der Waals surface area contributed by atoms with E-state index in [1.165, 1.54) is 0 Å². The van der Waals surface area contributed by atoms with Crippen LogP contribution in [0.3, 0.4) is 0 Å². The highest BCUT2D eigenvalue weighted by molar-refractivity contribution is 9.10. The molecule has 1 aromatic carbocycles. The Labute approximate surface area is 120 Å². The van der Waals surface area contributed by atoms with Gasteiger partial charge in [-0.25, -0.2) is 0 Å². The van der Waals surface area contributed by atoms with Crippen LogP contribution in [-0.2, 0) is 5.41 Å². The molecule has 1 aromatic heterocycles. The van der Waals surface area contributed by atoms with Crippen molar-refractivity contribution in [3.8, 4) is 16.9 Å². The van der Waals surface area contributed by atoms with E-state index in [1.54, 1.807) is 18.3 Å². The first kappa shape index (κ1) is 13.9. The minimum Gasteiger partial charge on any atom is -0.506 e. The highest BCUT2D eigenvalue weighted by Gasteiger charge is 2.19. The molecule has 2 rings (SSSR count). The maximum absolute atomic E-state index is 11.9. The second-order valence-electron chi connectivity index (χ2n) is 5.52. The van der Waals surface area contributed by atoms with Crippen LogP contribution in [0.5, 0.6) is 5.75 Å². The Morgan fingerprint density at radius 1 is 1.21 bits per heavy atom. The number of aromatic amines is 1. The number of H-pyrrole nitrogens is 1. The van der Waals surface area contributed by atoms with Gasteiger partial charge in [0.2, 0.25) is 0 Å². The first-order valence-corrected chi connectivity index (χ1v) is 6.81. The molecule has 0 saturated heterocycles. The molecule has 0 aliphatic rings. The highest BCUT2D eigenvalue weighted by Crippen LogP contribution is 2.38. The Bertz CT molecular complexity index is 669. The number of hydrogen-bond donors (Lipinski definition) is 2. The van der Waals surface area contributed by atoms with Gasteiger partial charge < -0.3 is 10.1 Å². The molecule has 0 aliphatic heterocycles. The number of rotatable bonds is 1. The molecule has 1 heterocycles. The minimum atomic E-state index is -0.212. The Morgan fingerprint density at radius 2 is 1.89 bits per heavy atom. The molecular formula is C15H16BrNO2. The molecule has 2 aromatic rings. The zero-order chi connectivity index (χ0) is 14.2. The number of phenolic OH excluding ortho intramolecular Hbond substituents is 1. The zero-order valence-electron chi connectivity index (χ0n) is 11.1. The topological polar surface area (TPSA) is 53.1 Å². The maximum Gasteiger partial charge on any atom is 0.255 e. The van der Waals surface area contributed by atoms with Gasteiger partial charge in [0, 0.05) is 11.8 Å². The molecule has 0 unspecified atom stereocenters. The molecule has 0 fully saturated rings. The molecule has 0 atom stereocenters. The summed E-state index contributed by atoms with van der Waals surface area (Å²) in [6.45, 7) is 6.26. The largest absolute Gasteiger partial charge is 0.506 e. The van der Waals surface area contributed by atoms with Gasteiger partial charge in [0.15, 0.2) is 0 Å². The van der Waals surface area contributed by atoms with Crippen LogP contribution in [0, 0.1) is 0 Å². The fourth-order valence-corrected chi connectivity index (χ4v) is 2.33. The number of hydrogen-bond acceptors (Lipinski definition) is 2. The number of benzene rings is 1. The summed E-state index contributed by atoms with van der Waals surface area (Å²) >= 11 is 3.35. The summed E-state index contributed by atoms with van der Waals surface area (Å²) in [5, 5.41) is 10.2. The minimum absolute atomic E-state index is 0.0630. The summed E-state index contributed by atoms with van der Waals surface area (Å²) in [5.74, 6) is 0.0877. The smallest absolute Gasteiger partial charge is 0.255 e. The van der Waals surface area contributed by atoms with Crippen LogP contribution in [-0.4, -0.2) is 10.1 Å². The van der Waals surface area contributed by atoms with E-state index in [4.69, 9.17) is 0 Å². The van der Waals surface area contributed by atoms with E-state index >= 15 is 0 Å². The highest BCUT2D eigenvalue weighted by atomic mass is 79.9. The predicted molar refractivity (Wildman–Crippen MR) is 80.6 cm³/mol. The van der Waals surface area contributed by atoms with Gasteiger partial charge >= 0.3 is 0 Å². The van der Waals surface area contributed by atoms with Crippen LogP contribution in [0.2, 0.25) is 0 Å². The number of aromatic nitrogens is 1. The molecule has 0 amide bonds. The fraction of sp³-hybridized carbons (Fsp3) is 0.267. The van der Waals surface area contributed by atoms with Crippen LogP contribution in [0.1, 0.15) is 26.3 Å². The van der Waals surface area contributed by atoms with Crippen molar-refractivity contribution >= 4 is 15.9 Å². The fourth-order valence-electron chi connectivity index (χ4n) is 1.87. The summed E-state index contributed by atoms with van der Waals surface area (Å²) in [4.78, 5) is 14.5. The number of halogens is 1. The van der Waals surface area contributed by atoms with Crippen LogP contribution in [0.25, 0.3) is 11.1 Å². The summed E-state index contributed by atoms with van der Waals surface area (Å²) in [7, 11) is 0. The average molecular weight is 322 g/mol. The number of aromatic hydroxyl groups is 1. The van der Waals surface area contributed by atoms with Crippen molar-refractivity contribution in [2.45, 2.75) is 26.2 Å². The second kappa shape index (κ2) is 4.85. The molecule has 100 valence electrons. The Hall–Kier alpha value is -1.55. The van der Waals surface area contributed by atoms with Gasteiger partial charge in [-0.3, -0.25) is 4.79 Å². The molecule has 3 nitrogen and oxygen atoms in total. The third-order valence-corrected chi connectivity index (χ3v) is 3.64. The molecule has 0 aliphatic carbocycles. The monoisotopic (exact) mass is 321 g/mol. The van der Waals surface area contributed by atoms with Crippen molar-refractivity contribution in [3.63, 3.8) is 0 Å². The van der Waals surface area contributed by atoms with Crippen molar-refractivity contribution < 1.29 is 5.11 Å². The Kier molecular flexibility index (Phi) is 3.54. The van der Waals surface area contributed by atoms with Crippen molar-refractivity contribution in [1.82, 2.24) is 4.98 Å². The van der Waals surface area contributed by atoms with Gasteiger partial charge in [0.25, 0.3) is 5.56 Å². The van der Waals surface area contributed by atoms with E-state index in [-0.39, 0.29) is 16.7 Å². The number of phenols is 1. The quantitative estimate of drug-likeness (QED) is 0.839. The lowest BCUT2D eigenvalue weighted by Crippen LogP contribution is -2.12. The van der Waals surface area contributed by atoms with Gasteiger partial charge in [0.1, 0.15) is 5.75 Å². The van der Waals surface area contributed by atoms with Crippen LogP contribution in [0.4, 0.5) is 0 Å². The molecule has 0 spiro atoms. The predicted octanol–water partition coefficient (Wildman–Crippen LogP) is 3.81.